The van der Waals surface area contributed by atoms with Crippen LogP contribution >= 0.6 is 0 Å². The van der Waals surface area contributed by atoms with Crippen molar-refractivity contribution in [2.45, 2.75) is 245 Å². The van der Waals surface area contributed by atoms with E-state index in [1.54, 1.807) is 0 Å². The van der Waals surface area contributed by atoms with E-state index >= 15 is 0 Å². The molecule has 0 aromatic carbocycles. The van der Waals surface area contributed by atoms with Gasteiger partial charge in [-0.3, -0.25) is 14.4 Å². The predicted molar refractivity (Wildman–Crippen MR) is 270 cm³/mol. The van der Waals surface area contributed by atoms with E-state index in [1.165, 1.54) is 77.0 Å². The van der Waals surface area contributed by atoms with Gasteiger partial charge in [-0.15, -0.1) is 0 Å². The van der Waals surface area contributed by atoms with E-state index in [2.05, 4.69) is 106 Å². The van der Waals surface area contributed by atoms with Crippen molar-refractivity contribution in [1.29, 1.82) is 0 Å². The summed E-state index contributed by atoms with van der Waals surface area (Å²) in [4.78, 5) is 37.7. The van der Waals surface area contributed by atoms with Crippen molar-refractivity contribution in [2.75, 3.05) is 13.2 Å². The number of rotatable bonds is 46. The second-order valence-corrected chi connectivity index (χ2v) is 17.1. The first-order chi connectivity index (χ1) is 31.0. The maximum Gasteiger partial charge on any atom is 0.306 e. The third kappa shape index (κ3) is 49.5. The first kappa shape index (κ1) is 59.6. The van der Waals surface area contributed by atoms with E-state index < -0.39 is 6.10 Å². The number of unbranched alkanes of at least 4 members (excludes halogenated alkanes) is 21. The molecule has 6 heteroatoms. The lowest BCUT2D eigenvalue weighted by Gasteiger charge is -2.18. The summed E-state index contributed by atoms with van der Waals surface area (Å²) >= 11 is 0. The SMILES string of the molecule is CC/C=C\C/C=C\C/C=C\C/C=C\C/C=C\C/C=C\C/C=C\CCCCCCCC(=O)OCC(COC(=O)CCCCCCCCCC)OC(=O)CCCCCCCCCCCC. The minimum Gasteiger partial charge on any atom is -0.462 e. The molecule has 0 aliphatic rings. The van der Waals surface area contributed by atoms with Gasteiger partial charge in [0, 0.05) is 19.3 Å². The van der Waals surface area contributed by atoms with E-state index in [1.807, 2.05) is 0 Å². The quantitative estimate of drug-likeness (QED) is 0.0262. The molecule has 0 aromatic rings. The number of hydrogen-bond acceptors (Lipinski definition) is 6. The van der Waals surface area contributed by atoms with E-state index in [4.69, 9.17) is 14.2 Å². The van der Waals surface area contributed by atoms with Gasteiger partial charge in [-0.25, -0.2) is 0 Å². The summed E-state index contributed by atoms with van der Waals surface area (Å²) in [5.74, 6) is -0.907. The molecule has 0 bridgehead atoms. The summed E-state index contributed by atoms with van der Waals surface area (Å²) < 4.78 is 16.7. The standard InChI is InChI=1S/C57H96O6/c1-4-7-10-13-16-19-21-22-23-24-25-26-27-28-29-30-31-32-33-34-35-36-37-39-41-44-47-50-56(59)62-53-54(52-61-55(58)49-46-43-40-18-15-12-9-6-3)63-57(60)51-48-45-42-38-20-17-14-11-8-5-2/h7,10,16,19,22-23,25-26,28-29,31-32,34-35,54H,4-6,8-9,11-15,17-18,20-21,24,27,30,33,36-53H2,1-3H3/b10-7-,19-16-,23-22-,26-25-,29-28-,32-31-,35-34-. The van der Waals surface area contributed by atoms with Crippen molar-refractivity contribution >= 4 is 17.9 Å². The molecule has 0 N–H and O–H groups in total. The molecule has 63 heavy (non-hydrogen) atoms. The van der Waals surface area contributed by atoms with Gasteiger partial charge in [0.25, 0.3) is 0 Å². The smallest absolute Gasteiger partial charge is 0.306 e. The van der Waals surface area contributed by atoms with Crippen LogP contribution in [0.5, 0.6) is 0 Å². The third-order valence-corrected chi connectivity index (χ3v) is 10.9. The van der Waals surface area contributed by atoms with Crippen molar-refractivity contribution < 1.29 is 28.6 Å². The van der Waals surface area contributed by atoms with Crippen LogP contribution in [0.25, 0.3) is 0 Å². The summed E-state index contributed by atoms with van der Waals surface area (Å²) in [6, 6.07) is 0. The van der Waals surface area contributed by atoms with E-state index in [0.29, 0.717) is 19.3 Å². The average Bonchev–Trinajstić information content (AvgIpc) is 3.28. The van der Waals surface area contributed by atoms with Crippen LogP contribution in [-0.2, 0) is 28.6 Å². The molecule has 0 saturated heterocycles. The number of allylic oxidation sites excluding steroid dienone is 14. The number of hydrogen-bond donors (Lipinski definition) is 0. The first-order valence-electron chi connectivity index (χ1n) is 26.1. The van der Waals surface area contributed by atoms with Crippen molar-refractivity contribution in [2.24, 2.45) is 0 Å². The van der Waals surface area contributed by atoms with Gasteiger partial charge in [0.2, 0.25) is 0 Å². The highest BCUT2D eigenvalue weighted by molar-refractivity contribution is 5.71. The van der Waals surface area contributed by atoms with Gasteiger partial charge in [-0.05, 0) is 77.0 Å². The Morgan fingerprint density at radius 2 is 0.619 bits per heavy atom. The van der Waals surface area contributed by atoms with E-state index in [9.17, 15) is 14.4 Å². The molecule has 0 radical (unpaired) electrons. The fraction of sp³-hybridized carbons (Fsp3) is 0.702. The molecule has 0 saturated carbocycles. The summed E-state index contributed by atoms with van der Waals surface area (Å²) in [5.41, 5.74) is 0. The van der Waals surface area contributed by atoms with Crippen LogP contribution in [0.1, 0.15) is 239 Å². The molecule has 0 amide bonds. The Balaban J connectivity index is 4.22. The van der Waals surface area contributed by atoms with Crippen LogP contribution in [0.2, 0.25) is 0 Å². The fourth-order valence-electron chi connectivity index (χ4n) is 7.01. The topological polar surface area (TPSA) is 78.9 Å². The Kier molecular flexibility index (Phi) is 48.5. The lowest BCUT2D eigenvalue weighted by Crippen LogP contribution is -2.30. The molecule has 0 aliphatic carbocycles. The van der Waals surface area contributed by atoms with E-state index in [-0.39, 0.29) is 31.1 Å². The van der Waals surface area contributed by atoms with Crippen molar-refractivity contribution in [1.82, 2.24) is 0 Å². The van der Waals surface area contributed by atoms with E-state index in [0.717, 1.165) is 122 Å². The van der Waals surface area contributed by atoms with Gasteiger partial charge >= 0.3 is 17.9 Å². The van der Waals surface area contributed by atoms with Crippen molar-refractivity contribution in [3.05, 3.63) is 85.1 Å². The Morgan fingerprint density at radius 3 is 0.968 bits per heavy atom. The summed E-state index contributed by atoms with van der Waals surface area (Å²) in [7, 11) is 0. The first-order valence-corrected chi connectivity index (χ1v) is 26.1. The molecule has 1 unspecified atom stereocenters. The molecule has 360 valence electrons. The van der Waals surface area contributed by atoms with Gasteiger partial charge in [0.1, 0.15) is 13.2 Å². The summed E-state index contributed by atoms with van der Waals surface area (Å²) in [6.07, 6.45) is 65.8. The second kappa shape index (κ2) is 51.2. The number of esters is 3. The van der Waals surface area contributed by atoms with Gasteiger partial charge in [0.05, 0.1) is 0 Å². The van der Waals surface area contributed by atoms with Crippen LogP contribution in [-0.4, -0.2) is 37.2 Å². The van der Waals surface area contributed by atoms with Gasteiger partial charge in [-0.2, -0.15) is 0 Å². The molecule has 1 atom stereocenters. The summed E-state index contributed by atoms with van der Waals surface area (Å²) in [5, 5.41) is 0. The molecular weight excluding hydrogens is 781 g/mol. The number of carbonyl (C=O) groups excluding carboxylic acids is 3. The monoisotopic (exact) mass is 877 g/mol. The van der Waals surface area contributed by atoms with Crippen LogP contribution < -0.4 is 0 Å². The maximum atomic E-state index is 12.7. The van der Waals surface area contributed by atoms with Crippen molar-refractivity contribution in [3.63, 3.8) is 0 Å². The molecule has 0 heterocycles. The fourth-order valence-corrected chi connectivity index (χ4v) is 7.01. The Hall–Kier alpha value is -3.41. The highest BCUT2D eigenvalue weighted by atomic mass is 16.6. The number of carbonyl (C=O) groups is 3. The lowest BCUT2D eigenvalue weighted by atomic mass is 10.1. The largest absolute Gasteiger partial charge is 0.462 e. The Bertz CT molecular complexity index is 1240. The van der Waals surface area contributed by atoms with Gasteiger partial charge < -0.3 is 14.2 Å². The zero-order valence-electron chi connectivity index (χ0n) is 41.1. The van der Waals surface area contributed by atoms with Crippen molar-refractivity contribution in [3.8, 4) is 0 Å². The minimum absolute atomic E-state index is 0.0806. The van der Waals surface area contributed by atoms with Crippen LogP contribution in [0.15, 0.2) is 85.1 Å². The molecular formula is C57H96O6. The molecule has 6 nitrogen and oxygen atoms in total. The normalized spacial score (nSPS) is 12.7. The molecule has 0 fully saturated rings. The molecule has 0 rings (SSSR count). The summed E-state index contributed by atoms with van der Waals surface area (Å²) in [6.45, 7) is 6.46. The molecule has 0 aromatic heterocycles. The zero-order chi connectivity index (χ0) is 45.8. The zero-order valence-corrected chi connectivity index (χ0v) is 41.1. The minimum atomic E-state index is -0.778. The lowest BCUT2D eigenvalue weighted by molar-refractivity contribution is -0.167. The Morgan fingerprint density at radius 1 is 0.333 bits per heavy atom. The van der Waals surface area contributed by atoms with Gasteiger partial charge in [0.15, 0.2) is 6.10 Å². The van der Waals surface area contributed by atoms with Crippen LogP contribution in [0, 0.1) is 0 Å². The third-order valence-electron chi connectivity index (χ3n) is 10.9. The van der Waals surface area contributed by atoms with Crippen LogP contribution in [0.3, 0.4) is 0 Å². The maximum absolute atomic E-state index is 12.7. The Labute approximate surface area is 388 Å². The average molecular weight is 877 g/mol. The van der Waals surface area contributed by atoms with Crippen LogP contribution in [0.4, 0.5) is 0 Å². The number of ether oxygens (including phenoxy) is 3. The predicted octanol–water partition coefficient (Wildman–Crippen LogP) is 17.2. The highest BCUT2D eigenvalue weighted by Crippen LogP contribution is 2.14. The second-order valence-electron chi connectivity index (χ2n) is 17.1. The van der Waals surface area contributed by atoms with Gasteiger partial charge in [-0.1, -0.05) is 228 Å². The molecule has 0 aliphatic heterocycles. The highest BCUT2D eigenvalue weighted by Gasteiger charge is 2.19. The molecule has 0 spiro atoms.